The van der Waals surface area contributed by atoms with E-state index < -0.39 is 6.03 Å². The summed E-state index contributed by atoms with van der Waals surface area (Å²) >= 11 is 5.15. The monoisotopic (exact) mass is 339 g/mol. The predicted molar refractivity (Wildman–Crippen MR) is 83.7 cm³/mol. The maximum atomic E-state index is 10.8. The average molecular weight is 340 g/mol. The van der Waals surface area contributed by atoms with E-state index in [1.807, 2.05) is 24.3 Å². The molecule has 2 rings (SSSR count). The Bertz CT molecular complexity index is 585. The number of hydrogen-bond donors (Lipinski definition) is 3. The number of thiophene rings is 1. The van der Waals surface area contributed by atoms with Crippen LogP contribution in [0.5, 0.6) is 0 Å². The Morgan fingerprint density at radius 2 is 2.05 bits per heavy atom. The van der Waals surface area contributed by atoms with E-state index in [2.05, 4.69) is 39.6 Å². The summed E-state index contributed by atoms with van der Waals surface area (Å²) in [4.78, 5) is 12.0. The molecule has 0 saturated heterocycles. The molecule has 4 nitrogen and oxygen atoms in total. The number of rotatable bonds is 4. The van der Waals surface area contributed by atoms with Crippen LogP contribution in [-0.2, 0) is 0 Å². The normalized spacial score (nSPS) is 11.9. The number of carbonyl (C=O) groups excluding carboxylic acids is 1. The minimum atomic E-state index is -0.563. The van der Waals surface area contributed by atoms with Crippen molar-refractivity contribution in [2.75, 3.05) is 10.6 Å². The van der Waals surface area contributed by atoms with Gasteiger partial charge in [-0.15, -0.1) is 11.3 Å². The van der Waals surface area contributed by atoms with E-state index in [0.29, 0.717) is 5.69 Å². The second-order valence-corrected chi connectivity index (χ2v) is 6.57. The van der Waals surface area contributed by atoms with Crippen LogP contribution in [0.25, 0.3) is 0 Å². The zero-order valence-corrected chi connectivity index (χ0v) is 12.7. The van der Waals surface area contributed by atoms with Gasteiger partial charge >= 0.3 is 6.03 Å². The van der Waals surface area contributed by atoms with Crippen molar-refractivity contribution in [1.82, 2.24) is 0 Å². The number of carbonyl (C=O) groups is 1. The number of nitrogens with two attached hydrogens (primary N) is 1. The van der Waals surface area contributed by atoms with Crippen molar-refractivity contribution < 1.29 is 4.79 Å². The molecule has 0 saturated carbocycles. The average Bonchev–Trinajstić information content (AvgIpc) is 2.75. The maximum absolute atomic E-state index is 10.8. The Labute approximate surface area is 124 Å². The van der Waals surface area contributed by atoms with Crippen LogP contribution < -0.4 is 16.4 Å². The summed E-state index contributed by atoms with van der Waals surface area (Å²) < 4.78 is 1.11. The van der Waals surface area contributed by atoms with Crippen molar-refractivity contribution in [1.29, 1.82) is 0 Å². The molecule has 0 aliphatic rings. The first-order valence-electron chi connectivity index (χ1n) is 5.73. The van der Waals surface area contributed by atoms with Gasteiger partial charge in [-0.05, 0) is 53.2 Å². The molecule has 6 heteroatoms. The van der Waals surface area contributed by atoms with E-state index in [9.17, 15) is 4.79 Å². The molecule has 4 N–H and O–H groups in total. The predicted octanol–water partition coefficient (Wildman–Crippen LogP) is 4.17. The second kappa shape index (κ2) is 6.08. The third-order valence-electron chi connectivity index (χ3n) is 2.53. The van der Waals surface area contributed by atoms with Gasteiger partial charge in [-0.1, -0.05) is 6.07 Å². The Morgan fingerprint density at radius 1 is 1.32 bits per heavy atom. The van der Waals surface area contributed by atoms with Crippen LogP contribution >= 0.6 is 27.3 Å². The summed E-state index contributed by atoms with van der Waals surface area (Å²) in [5, 5.41) is 5.94. The summed E-state index contributed by atoms with van der Waals surface area (Å²) in [6.45, 7) is 2.09. The third kappa shape index (κ3) is 3.97. The number of benzene rings is 1. The molecule has 2 amide bonds. The highest BCUT2D eigenvalue weighted by atomic mass is 79.9. The first-order valence-corrected chi connectivity index (χ1v) is 7.34. The highest BCUT2D eigenvalue weighted by molar-refractivity contribution is 9.11. The van der Waals surface area contributed by atoms with E-state index in [-0.39, 0.29) is 6.04 Å². The van der Waals surface area contributed by atoms with E-state index in [4.69, 9.17) is 5.73 Å². The van der Waals surface area contributed by atoms with E-state index in [0.717, 1.165) is 9.47 Å². The minimum Gasteiger partial charge on any atom is -0.378 e. The Balaban J connectivity index is 2.08. The van der Waals surface area contributed by atoms with Gasteiger partial charge in [0.2, 0.25) is 0 Å². The van der Waals surface area contributed by atoms with Crippen molar-refractivity contribution in [3.05, 3.63) is 45.1 Å². The number of halogens is 1. The van der Waals surface area contributed by atoms with Gasteiger partial charge in [0.25, 0.3) is 0 Å². The minimum absolute atomic E-state index is 0.195. The fraction of sp³-hybridized carbons (Fsp3) is 0.154. The Morgan fingerprint density at radius 3 is 2.68 bits per heavy atom. The van der Waals surface area contributed by atoms with E-state index >= 15 is 0 Å². The molecule has 2 aromatic rings. The van der Waals surface area contributed by atoms with Crippen LogP contribution in [0.15, 0.2) is 40.2 Å². The van der Waals surface area contributed by atoms with Crippen LogP contribution in [0.4, 0.5) is 16.2 Å². The van der Waals surface area contributed by atoms with Gasteiger partial charge in [0.1, 0.15) is 0 Å². The molecule has 0 bridgehead atoms. The number of amides is 2. The number of hydrogen-bond acceptors (Lipinski definition) is 3. The molecule has 0 spiro atoms. The summed E-state index contributed by atoms with van der Waals surface area (Å²) in [6, 6.07) is 11.2. The molecular weight excluding hydrogens is 326 g/mol. The molecule has 1 unspecified atom stereocenters. The van der Waals surface area contributed by atoms with Crippen LogP contribution in [0.3, 0.4) is 0 Å². The zero-order valence-electron chi connectivity index (χ0n) is 10.3. The quantitative estimate of drug-likeness (QED) is 0.782. The molecular formula is C13H14BrN3OS. The summed E-state index contributed by atoms with van der Waals surface area (Å²) in [5.74, 6) is 0. The molecule has 1 heterocycles. The zero-order chi connectivity index (χ0) is 13.8. The van der Waals surface area contributed by atoms with Crippen LogP contribution in [-0.4, -0.2) is 6.03 Å². The summed E-state index contributed by atoms with van der Waals surface area (Å²) in [6.07, 6.45) is 0. The third-order valence-corrected chi connectivity index (χ3v) is 4.34. The fourth-order valence-electron chi connectivity index (χ4n) is 1.71. The van der Waals surface area contributed by atoms with Crippen LogP contribution in [0.1, 0.15) is 17.8 Å². The molecule has 100 valence electrons. The molecule has 19 heavy (non-hydrogen) atoms. The molecule has 0 fully saturated rings. The lowest BCUT2D eigenvalue weighted by molar-refractivity contribution is 0.259. The van der Waals surface area contributed by atoms with E-state index in [1.165, 1.54) is 4.88 Å². The van der Waals surface area contributed by atoms with Gasteiger partial charge in [0.15, 0.2) is 0 Å². The Kier molecular flexibility index (Phi) is 4.44. The molecule has 0 aliphatic heterocycles. The van der Waals surface area contributed by atoms with Crippen molar-refractivity contribution in [2.45, 2.75) is 13.0 Å². The van der Waals surface area contributed by atoms with Crippen molar-refractivity contribution in [2.24, 2.45) is 5.73 Å². The lowest BCUT2D eigenvalue weighted by Gasteiger charge is -2.14. The summed E-state index contributed by atoms with van der Waals surface area (Å²) in [5.41, 5.74) is 6.71. The van der Waals surface area contributed by atoms with E-state index in [1.54, 1.807) is 17.4 Å². The van der Waals surface area contributed by atoms with Gasteiger partial charge in [0, 0.05) is 16.3 Å². The standard InChI is InChI=1S/C13H14BrN3OS/c1-8(11-5-6-12(14)19-11)16-9-3-2-4-10(7-9)17-13(15)18/h2-8,16H,1H3,(H3,15,17,18). The number of urea groups is 1. The van der Waals surface area contributed by atoms with Gasteiger partial charge in [-0.25, -0.2) is 4.79 Å². The summed E-state index contributed by atoms with van der Waals surface area (Å²) in [7, 11) is 0. The fourth-order valence-corrected chi connectivity index (χ4v) is 3.14. The highest BCUT2D eigenvalue weighted by Crippen LogP contribution is 2.29. The largest absolute Gasteiger partial charge is 0.378 e. The second-order valence-electron chi connectivity index (χ2n) is 4.08. The van der Waals surface area contributed by atoms with Gasteiger partial charge < -0.3 is 16.4 Å². The molecule has 1 aromatic heterocycles. The SMILES string of the molecule is CC(Nc1cccc(NC(N)=O)c1)c1ccc(Br)s1. The van der Waals surface area contributed by atoms with Crippen molar-refractivity contribution in [3.63, 3.8) is 0 Å². The van der Waals surface area contributed by atoms with Crippen molar-refractivity contribution >= 4 is 44.7 Å². The number of primary amides is 1. The Hall–Kier alpha value is -1.53. The molecule has 1 atom stereocenters. The maximum Gasteiger partial charge on any atom is 0.316 e. The first kappa shape index (κ1) is 13.9. The van der Waals surface area contributed by atoms with Gasteiger partial charge in [-0.2, -0.15) is 0 Å². The van der Waals surface area contributed by atoms with Gasteiger partial charge in [-0.3, -0.25) is 0 Å². The highest BCUT2D eigenvalue weighted by Gasteiger charge is 2.08. The van der Waals surface area contributed by atoms with Gasteiger partial charge in [0.05, 0.1) is 9.83 Å². The lowest BCUT2D eigenvalue weighted by atomic mass is 10.2. The first-order chi connectivity index (χ1) is 9.04. The smallest absolute Gasteiger partial charge is 0.316 e. The lowest BCUT2D eigenvalue weighted by Crippen LogP contribution is -2.19. The van der Waals surface area contributed by atoms with Crippen LogP contribution in [0.2, 0.25) is 0 Å². The molecule has 1 aromatic carbocycles. The van der Waals surface area contributed by atoms with Crippen molar-refractivity contribution in [3.8, 4) is 0 Å². The number of anilines is 2. The van der Waals surface area contributed by atoms with Crippen LogP contribution in [0, 0.1) is 0 Å². The molecule has 0 aliphatic carbocycles. The topological polar surface area (TPSA) is 67.2 Å². The molecule has 0 radical (unpaired) electrons. The number of nitrogens with one attached hydrogen (secondary N) is 2.